The molecule has 0 radical (unpaired) electrons. The molecule has 0 bridgehead atoms. The molecule has 0 saturated heterocycles. The Morgan fingerprint density at radius 1 is 1.50 bits per heavy atom. The number of anilines is 1. The number of halogens is 2. The summed E-state index contributed by atoms with van der Waals surface area (Å²) < 4.78 is 0. The number of hydrogen-bond donors (Lipinski definition) is 2. The predicted octanol–water partition coefficient (Wildman–Crippen LogP) is 2.33. The topological polar surface area (TPSA) is 55.1 Å². The summed E-state index contributed by atoms with van der Waals surface area (Å²) in [5.41, 5.74) is 6.22. The lowest BCUT2D eigenvalue weighted by molar-refractivity contribution is 0.0954. The van der Waals surface area contributed by atoms with Crippen LogP contribution >= 0.6 is 23.2 Å². The summed E-state index contributed by atoms with van der Waals surface area (Å²) in [5.74, 6) is 2.14. The van der Waals surface area contributed by atoms with Crippen molar-refractivity contribution in [1.82, 2.24) is 5.32 Å². The molecule has 1 amide bonds. The monoisotopic (exact) mass is 256 g/mol. The third-order valence-corrected chi connectivity index (χ3v) is 2.69. The summed E-state index contributed by atoms with van der Waals surface area (Å²) in [6, 6.07) is 2.94. The number of terminal acetylenes is 1. The van der Waals surface area contributed by atoms with E-state index >= 15 is 0 Å². The Balaban J connectivity index is 2.81. The van der Waals surface area contributed by atoms with Crippen LogP contribution in [0.5, 0.6) is 0 Å². The molecule has 0 atom stereocenters. The Morgan fingerprint density at radius 3 is 2.75 bits per heavy atom. The number of hydrogen-bond acceptors (Lipinski definition) is 2. The summed E-state index contributed by atoms with van der Waals surface area (Å²) >= 11 is 11.6. The van der Waals surface area contributed by atoms with Gasteiger partial charge < -0.3 is 11.1 Å². The van der Waals surface area contributed by atoms with E-state index in [4.69, 9.17) is 35.4 Å². The maximum absolute atomic E-state index is 11.6. The zero-order valence-electron chi connectivity index (χ0n) is 8.39. The average Bonchev–Trinajstić information content (AvgIpc) is 2.25. The number of nitrogens with one attached hydrogen (secondary N) is 1. The number of rotatable bonds is 3. The molecule has 0 aliphatic rings. The maximum Gasteiger partial charge on any atom is 0.251 e. The molecule has 1 aromatic carbocycles. The highest BCUT2D eigenvalue weighted by Crippen LogP contribution is 2.29. The fraction of sp³-hybridized carbons (Fsp3) is 0.182. The summed E-state index contributed by atoms with van der Waals surface area (Å²) in [6.07, 6.45) is 5.54. The molecule has 0 fully saturated rings. The molecule has 0 saturated carbocycles. The van der Waals surface area contributed by atoms with Crippen LogP contribution in [0.3, 0.4) is 0 Å². The van der Waals surface area contributed by atoms with Crippen LogP contribution in [0, 0.1) is 12.3 Å². The van der Waals surface area contributed by atoms with Crippen LogP contribution in [0.1, 0.15) is 16.8 Å². The zero-order valence-corrected chi connectivity index (χ0v) is 9.90. The van der Waals surface area contributed by atoms with E-state index in [1.807, 2.05) is 0 Å². The van der Waals surface area contributed by atoms with Gasteiger partial charge in [-0.05, 0) is 12.1 Å². The van der Waals surface area contributed by atoms with Crippen molar-refractivity contribution in [2.24, 2.45) is 0 Å². The van der Waals surface area contributed by atoms with Crippen LogP contribution in [0.4, 0.5) is 5.69 Å². The highest BCUT2D eigenvalue weighted by molar-refractivity contribution is 6.43. The molecule has 0 unspecified atom stereocenters. The third-order valence-electron chi connectivity index (χ3n) is 1.87. The molecule has 1 aromatic rings. The second-order valence-electron chi connectivity index (χ2n) is 3.07. The number of nitrogen functional groups attached to an aromatic ring is 1. The number of nitrogens with two attached hydrogens (primary N) is 1. The zero-order chi connectivity index (χ0) is 12.1. The van der Waals surface area contributed by atoms with E-state index in [0.717, 1.165) is 0 Å². The van der Waals surface area contributed by atoms with Crippen LogP contribution < -0.4 is 11.1 Å². The van der Waals surface area contributed by atoms with Gasteiger partial charge in [0.05, 0.1) is 15.7 Å². The standard InChI is InChI=1S/C11H10Cl2N2O/c1-2-3-4-15-11(16)7-5-8(12)10(13)9(14)6-7/h1,5-6H,3-4,14H2,(H,15,16). The van der Waals surface area contributed by atoms with Crippen LogP contribution in [-0.4, -0.2) is 12.5 Å². The first-order valence-electron chi connectivity index (χ1n) is 4.52. The average molecular weight is 257 g/mol. The number of carbonyl (C=O) groups excluding carboxylic acids is 1. The van der Waals surface area contributed by atoms with E-state index in [1.54, 1.807) is 0 Å². The van der Waals surface area contributed by atoms with Gasteiger partial charge in [0.15, 0.2) is 0 Å². The van der Waals surface area contributed by atoms with E-state index in [2.05, 4.69) is 11.2 Å². The molecule has 0 aliphatic heterocycles. The molecular formula is C11H10Cl2N2O. The third kappa shape index (κ3) is 3.06. The number of amides is 1. The van der Waals surface area contributed by atoms with Gasteiger partial charge >= 0.3 is 0 Å². The normalized spacial score (nSPS) is 9.56. The van der Waals surface area contributed by atoms with E-state index in [1.165, 1.54) is 12.1 Å². The van der Waals surface area contributed by atoms with Gasteiger partial charge in [0, 0.05) is 18.5 Å². The maximum atomic E-state index is 11.6. The Morgan fingerprint density at radius 2 is 2.19 bits per heavy atom. The minimum absolute atomic E-state index is 0.252. The Labute approximate surface area is 104 Å². The summed E-state index contributed by atoms with van der Waals surface area (Å²) in [5, 5.41) is 3.14. The van der Waals surface area contributed by atoms with Crippen molar-refractivity contribution < 1.29 is 4.79 Å². The second-order valence-corrected chi connectivity index (χ2v) is 3.86. The van der Waals surface area contributed by atoms with Gasteiger partial charge in [-0.25, -0.2) is 0 Å². The fourth-order valence-corrected chi connectivity index (χ4v) is 1.43. The summed E-state index contributed by atoms with van der Waals surface area (Å²) in [7, 11) is 0. The predicted molar refractivity (Wildman–Crippen MR) is 66.7 cm³/mol. The van der Waals surface area contributed by atoms with Crippen molar-refractivity contribution >= 4 is 34.8 Å². The summed E-state index contributed by atoms with van der Waals surface area (Å²) in [4.78, 5) is 11.6. The fourth-order valence-electron chi connectivity index (χ4n) is 1.09. The second kappa shape index (κ2) is 5.64. The molecular weight excluding hydrogens is 247 g/mol. The minimum Gasteiger partial charge on any atom is -0.397 e. The highest BCUT2D eigenvalue weighted by Gasteiger charge is 2.10. The van der Waals surface area contributed by atoms with E-state index in [-0.39, 0.29) is 21.6 Å². The lowest BCUT2D eigenvalue weighted by atomic mass is 10.2. The first-order valence-corrected chi connectivity index (χ1v) is 5.28. The van der Waals surface area contributed by atoms with Crippen LogP contribution in [0.15, 0.2) is 12.1 Å². The van der Waals surface area contributed by atoms with E-state index < -0.39 is 0 Å². The van der Waals surface area contributed by atoms with E-state index in [0.29, 0.717) is 18.5 Å². The van der Waals surface area contributed by atoms with Crippen molar-refractivity contribution in [3.05, 3.63) is 27.7 Å². The molecule has 0 aliphatic carbocycles. The van der Waals surface area contributed by atoms with Gasteiger partial charge in [0.2, 0.25) is 0 Å². The molecule has 3 nitrogen and oxygen atoms in total. The van der Waals surface area contributed by atoms with Crippen molar-refractivity contribution in [3.63, 3.8) is 0 Å². The largest absolute Gasteiger partial charge is 0.397 e. The minimum atomic E-state index is -0.277. The van der Waals surface area contributed by atoms with Crippen molar-refractivity contribution in [2.75, 3.05) is 12.3 Å². The van der Waals surface area contributed by atoms with Crippen molar-refractivity contribution in [1.29, 1.82) is 0 Å². The highest BCUT2D eigenvalue weighted by atomic mass is 35.5. The number of carbonyl (C=O) groups is 1. The van der Waals surface area contributed by atoms with E-state index in [9.17, 15) is 4.79 Å². The Bertz CT molecular complexity index is 429. The SMILES string of the molecule is C#CCCNC(=O)c1cc(N)c(Cl)c(Cl)c1. The van der Waals surface area contributed by atoms with Gasteiger partial charge in [-0.1, -0.05) is 23.2 Å². The van der Waals surface area contributed by atoms with Crippen molar-refractivity contribution in [3.8, 4) is 12.3 Å². The lowest BCUT2D eigenvalue weighted by Crippen LogP contribution is -2.24. The molecule has 5 heteroatoms. The van der Waals surface area contributed by atoms with Gasteiger partial charge in [-0.2, -0.15) is 0 Å². The van der Waals surface area contributed by atoms with Gasteiger partial charge in [0.25, 0.3) is 5.91 Å². The smallest absolute Gasteiger partial charge is 0.251 e. The van der Waals surface area contributed by atoms with Crippen LogP contribution in [-0.2, 0) is 0 Å². The lowest BCUT2D eigenvalue weighted by Gasteiger charge is -2.06. The van der Waals surface area contributed by atoms with Crippen molar-refractivity contribution in [2.45, 2.75) is 6.42 Å². The Hall–Kier alpha value is -1.37. The Kier molecular flexibility index (Phi) is 4.48. The quantitative estimate of drug-likeness (QED) is 0.496. The molecule has 1 rings (SSSR count). The molecule has 3 N–H and O–H groups in total. The van der Waals surface area contributed by atoms with Crippen LogP contribution in [0.25, 0.3) is 0 Å². The first kappa shape index (κ1) is 12.7. The first-order chi connectivity index (χ1) is 7.56. The molecule has 0 spiro atoms. The molecule has 0 heterocycles. The number of benzene rings is 1. The van der Waals surface area contributed by atoms with Gasteiger partial charge in [0.1, 0.15) is 0 Å². The van der Waals surface area contributed by atoms with Gasteiger partial charge in [-0.3, -0.25) is 4.79 Å². The summed E-state index contributed by atoms with van der Waals surface area (Å²) in [6.45, 7) is 0.412. The molecule has 0 aromatic heterocycles. The van der Waals surface area contributed by atoms with Crippen LogP contribution in [0.2, 0.25) is 10.0 Å². The molecule has 16 heavy (non-hydrogen) atoms. The molecule has 84 valence electrons. The van der Waals surface area contributed by atoms with Gasteiger partial charge in [-0.15, -0.1) is 12.3 Å².